The number of hydrogen-bond acceptors (Lipinski definition) is 9. The number of ether oxygens (including phenoxy) is 1. The van der Waals surface area contributed by atoms with E-state index in [-0.39, 0.29) is 93.6 Å². The van der Waals surface area contributed by atoms with Gasteiger partial charge in [0.15, 0.2) is 0 Å². The highest BCUT2D eigenvalue weighted by Gasteiger charge is 2.31. The summed E-state index contributed by atoms with van der Waals surface area (Å²) in [6.07, 6.45) is 4.19. The first kappa shape index (κ1) is 43.1. The summed E-state index contributed by atoms with van der Waals surface area (Å²) in [5.74, 6) is -0.702. The smallest absolute Gasteiger partial charge is 0.307 e. The number of likely N-dealkylation sites (tertiary alicyclic amines) is 2. The second-order valence-electron chi connectivity index (χ2n) is 13.9. The van der Waals surface area contributed by atoms with Crippen molar-refractivity contribution in [3.05, 3.63) is 35.9 Å². The summed E-state index contributed by atoms with van der Waals surface area (Å²) >= 11 is 0. The van der Waals surface area contributed by atoms with E-state index in [4.69, 9.17) is 9.84 Å². The van der Waals surface area contributed by atoms with Crippen LogP contribution in [0.2, 0.25) is 0 Å². The lowest BCUT2D eigenvalue weighted by Crippen LogP contribution is -2.45. The average molecular weight is 717 g/mol. The van der Waals surface area contributed by atoms with Crippen LogP contribution in [0.3, 0.4) is 0 Å². The molecule has 5 N–H and O–H groups in total. The lowest BCUT2D eigenvalue weighted by Gasteiger charge is -2.25. The van der Waals surface area contributed by atoms with E-state index < -0.39 is 5.97 Å². The van der Waals surface area contributed by atoms with Gasteiger partial charge in [0.25, 0.3) is 0 Å². The number of hydrogen-bond donors (Lipinski definition) is 5. The molecule has 286 valence electrons. The zero-order valence-corrected chi connectivity index (χ0v) is 30.9. The van der Waals surface area contributed by atoms with Gasteiger partial charge in [-0.25, -0.2) is 0 Å². The number of nitrogens with one attached hydrogen (secondary N) is 4. The third-order valence-electron chi connectivity index (χ3n) is 8.39. The van der Waals surface area contributed by atoms with Crippen LogP contribution in [0.5, 0.6) is 0 Å². The predicted molar refractivity (Wildman–Crippen MR) is 193 cm³/mol. The van der Waals surface area contributed by atoms with Gasteiger partial charge in [0.2, 0.25) is 23.6 Å². The quantitative estimate of drug-likeness (QED) is 0.125. The molecule has 0 radical (unpaired) electrons. The van der Waals surface area contributed by atoms with E-state index in [1.165, 1.54) is 0 Å². The van der Waals surface area contributed by atoms with Crippen LogP contribution >= 0.6 is 0 Å². The number of amides is 4. The fraction of sp³-hybridized carbons (Fsp3) is 0.676. The minimum absolute atomic E-state index is 0.000407. The van der Waals surface area contributed by atoms with Crippen LogP contribution in [-0.4, -0.2) is 115 Å². The molecule has 14 nitrogen and oxygen atoms in total. The van der Waals surface area contributed by atoms with Gasteiger partial charge in [0, 0.05) is 52.1 Å². The molecule has 2 unspecified atom stereocenters. The van der Waals surface area contributed by atoms with Crippen LogP contribution in [0.4, 0.5) is 0 Å². The number of carbonyl (C=O) groups is 6. The Hall–Kier alpha value is -4.04. The first-order valence-electron chi connectivity index (χ1n) is 18.3. The summed E-state index contributed by atoms with van der Waals surface area (Å²) in [6.45, 7) is 13.5. The number of rotatable bonds is 20. The summed E-state index contributed by atoms with van der Waals surface area (Å²) in [7, 11) is 0. The summed E-state index contributed by atoms with van der Waals surface area (Å²) in [5, 5.41) is 19.3. The Balaban J connectivity index is 0.000000368. The molecular weight excluding hydrogens is 656 g/mol. The van der Waals surface area contributed by atoms with Crippen molar-refractivity contribution in [2.45, 2.75) is 97.8 Å². The topological polar surface area (TPSA) is 186 Å². The van der Waals surface area contributed by atoms with Gasteiger partial charge in [-0.3, -0.25) is 38.6 Å². The minimum Gasteiger partial charge on any atom is -0.481 e. The zero-order chi connectivity index (χ0) is 37.6. The first-order chi connectivity index (χ1) is 24.3. The van der Waals surface area contributed by atoms with Crippen LogP contribution in [0.15, 0.2) is 30.3 Å². The maximum atomic E-state index is 12.4. The van der Waals surface area contributed by atoms with Gasteiger partial charge < -0.3 is 31.1 Å². The van der Waals surface area contributed by atoms with E-state index in [0.29, 0.717) is 18.4 Å². The molecular formula is C37H60N6O8. The van der Waals surface area contributed by atoms with Gasteiger partial charge in [0.1, 0.15) is 6.61 Å². The van der Waals surface area contributed by atoms with Crippen LogP contribution in [0.1, 0.15) is 84.6 Å². The maximum absolute atomic E-state index is 12.4. The van der Waals surface area contributed by atoms with Crippen molar-refractivity contribution in [3.8, 4) is 0 Å². The Morgan fingerprint density at radius 1 is 0.686 bits per heavy atom. The molecule has 2 heterocycles. The lowest BCUT2D eigenvalue weighted by molar-refractivity contribution is -0.145. The zero-order valence-electron chi connectivity index (χ0n) is 30.9. The summed E-state index contributed by atoms with van der Waals surface area (Å²) in [6, 6.07) is 9.28. The predicted octanol–water partition coefficient (Wildman–Crippen LogP) is 2.07. The Kier molecular flexibility index (Phi) is 20.5. The Bertz CT molecular complexity index is 1240. The molecule has 0 aromatic heterocycles. The third-order valence-corrected chi connectivity index (χ3v) is 8.39. The van der Waals surface area contributed by atoms with Gasteiger partial charge in [-0.05, 0) is 56.2 Å². The SMILES string of the molecule is CC(C)CN1CCCC1C(=O)NCCC(=O)NCCC(=O)O.CC(C)CN1CCCC1C(=O)NCCC(=O)NCCC(=O)OCc1ccccc1. The minimum atomic E-state index is -0.944. The fourth-order valence-electron chi connectivity index (χ4n) is 6.06. The number of nitrogens with zero attached hydrogens (tertiary/aromatic N) is 2. The summed E-state index contributed by atoms with van der Waals surface area (Å²) in [5.41, 5.74) is 0.926. The number of carboxylic acid groups (broad SMARTS) is 1. The number of carboxylic acids is 1. The van der Waals surface area contributed by atoms with E-state index in [0.717, 1.165) is 57.4 Å². The largest absolute Gasteiger partial charge is 0.481 e. The molecule has 2 aliphatic heterocycles. The highest BCUT2D eigenvalue weighted by molar-refractivity contribution is 5.84. The van der Waals surface area contributed by atoms with E-state index >= 15 is 0 Å². The van der Waals surface area contributed by atoms with Crippen molar-refractivity contribution in [1.29, 1.82) is 0 Å². The lowest BCUT2D eigenvalue weighted by atomic mass is 10.1. The molecule has 0 spiro atoms. The number of aliphatic carboxylic acids is 1. The van der Waals surface area contributed by atoms with Crippen LogP contribution in [0, 0.1) is 11.8 Å². The molecule has 1 aromatic rings. The normalized spacial score (nSPS) is 17.4. The van der Waals surface area contributed by atoms with Crippen molar-refractivity contribution >= 4 is 35.6 Å². The molecule has 3 rings (SSSR count). The maximum Gasteiger partial charge on any atom is 0.307 e. The molecule has 14 heteroatoms. The van der Waals surface area contributed by atoms with Crippen molar-refractivity contribution in [2.75, 3.05) is 52.4 Å². The summed E-state index contributed by atoms with van der Waals surface area (Å²) in [4.78, 5) is 74.4. The van der Waals surface area contributed by atoms with Gasteiger partial charge in [-0.1, -0.05) is 58.0 Å². The first-order valence-corrected chi connectivity index (χ1v) is 18.3. The van der Waals surface area contributed by atoms with Gasteiger partial charge >= 0.3 is 11.9 Å². The second-order valence-corrected chi connectivity index (χ2v) is 13.9. The molecule has 0 bridgehead atoms. The second kappa shape index (κ2) is 24.2. The Labute approximate surface area is 302 Å². The van der Waals surface area contributed by atoms with Crippen molar-refractivity contribution in [1.82, 2.24) is 31.1 Å². The van der Waals surface area contributed by atoms with E-state index in [9.17, 15) is 28.8 Å². The highest BCUT2D eigenvalue weighted by atomic mass is 16.5. The van der Waals surface area contributed by atoms with Gasteiger partial charge in [0.05, 0.1) is 24.9 Å². The molecule has 2 aliphatic rings. The fourth-order valence-corrected chi connectivity index (χ4v) is 6.06. The molecule has 2 fully saturated rings. The van der Waals surface area contributed by atoms with Crippen LogP contribution in [-0.2, 0) is 40.1 Å². The molecule has 2 atom stereocenters. The van der Waals surface area contributed by atoms with E-state index in [2.05, 4.69) is 58.8 Å². The number of carbonyl (C=O) groups excluding carboxylic acids is 5. The van der Waals surface area contributed by atoms with Crippen molar-refractivity contribution < 1.29 is 38.6 Å². The Morgan fingerprint density at radius 2 is 1.14 bits per heavy atom. The van der Waals surface area contributed by atoms with Crippen LogP contribution in [0.25, 0.3) is 0 Å². The molecule has 0 saturated carbocycles. The molecule has 2 saturated heterocycles. The van der Waals surface area contributed by atoms with Crippen molar-refractivity contribution in [2.24, 2.45) is 11.8 Å². The molecule has 0 aliphatic carbocycles. The Morgan fingerprint density at radius 3 is 1.59 bits per heavy atom. The molecule has 51 heavy (non-hydrogen) atoms. The molecule has 1 aromatic carbocycles. The number of benzene rings is 1. The van der Waals surface area contributed by atoms with Gasteiger partial charge in [-0.2, -0.15) is 0 Å². The van der Waals surface area contributed by atoms with Crippen molar-refractivity contribution in [3.63, 3.8) is 0 Å². The van der Waals surface area contributed by atoms with E-state index in [1.54, 1.807) is 0 Å². The number of esters is 1. The van der Waals surface area contributed by atoms with E-state index in [1.807, 2.05) is 30.3 Å². The highest BCUT2D eigenvalue weighted by Crippen LogP contribution is 2.19. The summed E-state index contributed by atoms with van der Waals surface area (Å²) < 4.78 is 5.16. The average Bonchev–Trinajstić information content (AvgIpc) is 3.73. The third kappa shape index (κ3) is 18.7. The van der Waals surface area contributed by atoms with Crippen LogP contribution < -0.4 is 21.3 Å². The molecule has 4 amide bonds. The monoisotopic (exact) mass is 716 g/mol. The van der Waals surface area contributed by atoms with Gasteiger partial charge in [-0.15, -0.1) is 0 Å². The standard InChI is InChI=1S/C22H33N3O4.C15H27N3O4/c1-17(2)15-25-14-6-9-19(25)22(28)24-12-10-20(26)23-13-11-21(27)29-16-18-7-4-3-5-8-18;1-11(2)10-18-9-3-4-12(18)15(22)17-7-5-13(19)16-8-6-14(20)21/h3-5,7-8,17,19H,6,9-16H2,1-2H3,(H,23,26)(H,24,28);11-12H,3-10H2,1-2H3,(H,16,19)(H,17,22)(H,20,21).